The number of hydrogen-bond acceptors (Lipinski definition) is 1. The molecule has 10 heavy (non-hydrogen) atoms. The predicted octanol–water partition coefficient (Wildman–Crippen LogP) is 2.54. The molecule has 0 amide bonds. The van der Waals surface area contributed by atoms with Crippen molar-refractivity contribution in [2.75, 3.05) is 11.5 Å². The second kappa shape index (κ2) is 4.68. The molecule has 0 aliphatic heterocycles. The van der Waals surface area contributed by atoms with Crippen LogP contribution in [0, 0.1) is 18.3 Å². The van der Waals surface area contributed by atoms with Crippen LogP contribution < -0.4 is 0 Å². The molecule has 1 rings (SSSR count). The standard InChI is InChI=1S/C9H14S/c1-2-3-7-10-8-6-9-4-5-9/h1,9H,3-8H2. The van der Waals surface area contributed by atoms with Crippen molar-refractivity contribution in [2.45, 2.75) is 25.7 Å². The van der Waals surface area contributed by atoms with Crippen molar-refractivity contribution >= 4 is 11.8 Å². The molecular weight excluding hydrogens is 140 g/mol. The maximum absolute atomic E-state index is 5.12. The quantitative estimate of drug-likeness (QED) is 0.433. The van der Waals surface area contributed by atoms with Crippen molar-refractivity contribution in [1.29, 1.82) is 0 Å². The zero-order chi connectivity index (χ0) is 7.23. The van der Waals surface area contributed by atoms with Gasteiger partial charge in [-0.05, 0) is 18.1 Å². The van der Waals surface area contributed by atoms with Gasteiger partial charge < -0.3 is 0 Å². The third-order valence-corrected chi connectivity index (χ3v) is 2.78. The van der Waals surface area contributed by atoms with Crippen molar-refractivity contribution in [2.24, 2.45) is 5.92 Å². The van der Waals surface area contributed by atoms with Crippen molar-refractivity contribution < 1.29 is 0 Å². The molecule has 1 saturated carbocycles. The Hall–Kier alpha value is -0.0900. The summed E-state index contributed by atoms with van der Waals surface area (Å²) in [5.41, 5.74) is 0. The summed E-state index contributed by atoms with van der Waals surface area (Å²) in [5.74, 6) is 6.21. The molecule has 0 nitrogen and oxygen atoms in total. The Bertz CT molecular complexity index is 119. The average Bonchev–Trinajstić information content (AvgIpc) is 2.71. The van der Waals surface area contributed by atoms with Crippen molar-refractivity contribution in [1.82, 2.24) is 0 Å². The van der Waals surface area contributed by atoms with Gasteiger partial charge >= 0.3 is 0 Å². The molecule has 0 aromatic heterocycles. The molecule has 1 aliphatic rings. The summed E-state index contributed by atoms with van der Waals surface area (Å²) in [6, 6.07) is 0. The van der Waals surface area contributed by atoms with Crippen molar-refractivity contribution in [3.05, 3.63) is 0 Å². The second-order valence-electron chi connectivity index (χ2n) is 2.80. The molecule has 0 aromatic rings. The van der Waals surface area contributed by atoms with Gasteiger partial charge in [-0.15, -0.1) is 12.3 Å². The molecule has 1 heteroatoms. The van der Waals surface area contributed by atoms with E-state index in [1.807, 2.05) is 11.8 Å². The first-order valence-electron chi connectivity index (χ1n) is 3.94. The largest absolute Gasteiger partial charge is 0.161 e. The van der Waals surface area contributed by atoms with Gasteiger partial charge in [0.2, 0.25) is 0 Å². The van der Waals surface area contributed by atoms with Gasteiger partial charge in [-0.2, -0.15) is 11.8 Å². The smallest absolute Gasteiger partial charge is 0.0177 e. The Kier molecular flexibility index (Phi) is 3.75. The van der Waals surface area contributed by atoms with E-state index in [2.05, 4.69) is 5.92 Å². The highest BCUT2D eigenvalue weighted by Gasteiger charge is 2.19. The fourth-order valence-electron chi connectivity index (χ4n) is 0.890. The highest BCUT2D eigenvalue weighted by atomic mass is 32.2. The first-order chi connectivity index (χ1) is 4.93. The normalized spacial score (nSPS) is 16.7. The van der Waals surface area contributed by atoms with Crippen LogP contribution in [-0.2, 0) is 0 Å². The molecule has 0 unspecified atom stereocenters. The lowest BCUT2D eigenvalue weighted by molar-refractivity contribution is 0.809. The summed E-state index contributed by atoms with van der Waals surface area (Å²) in [5, 5.41) is 0. The zero-order valence-electron chi connectivity index (χ0n) is 6.31. The predicted molar refractivity (Wildman–Crippen MR) is 48.1 cm³/mol. The van der Waals surface area contributed by atoms with Crippen LogP contribution in [0.4, 0.5) is 0 Å². The maximum Gasteiger partial charge on any atom is 0.0177 e. The Balaban J connectivity index is 1.73. The van der Waals surface area contributed by atoms with Crippen LogP contribution in [-0.4, -0.2) is 11.5 Å². The third-order valence-electron chi connectivity index (χ3n) is 1.76. The fraction of sp³-hybridized carbons (Fsp3) is 0.778. The zero-order valence-corrected chi connectivity index (χ0v) is 7.12. The van der Waals surface area contributed by atoms with Gasteiger partial charge in [0.1, 0.15) is 0 Å². The molecular formula is C9H14S. The van der Waals surface area contributed by atoms with Crippen LogP contribution in [0.15, 0.2) is 0 Å². The van der Waals surface area contributed by atoms with Crippen LogP contribution in [0.5, 0.6) is 0 Å². The number of thioether (sulfide) groups is 1. The van der Waals surface area contributed by atoms with Crippen LogP contribution in [0.3, 0.4) is 0 Å². The summed E-state index contributed by atoms with van der Waals surface area (Å²) >= 11 is 2.00. The molecule has 0 radical (unpaired) electrons. The lowest BCUT2D eigenvalue weighted by Crippen LogP contribution is -1.83. The first-order valence-corrected chi connectivity index (χ1v) is 5.10. The van der Waals surface area contributed by atoms with Crippen molar-refractivity contribution in [3.63, 3.8) is 0 Å². The van der Waals surface area contributed by atoms with Crippen molar-refractivity contribution in [3.8, 4) is 12.3 Å². The van der Waals surface area contributed by atoms with E-state index in [1.54, 1.807) is 0 Å². The van der Waals surface area contributed by atoms with Gasteiger partial charge in [0, 0.05) is 12.2 Å². The minimum atomic E-state index is 0.940. The van der Waals surface area contributed by atoms with Gasteiger partial charge in [-0.3, -0.25) is 0 Å². The minimum Gasteiger partial charge on any atom is -0.161 e. The SMILES string of the molecule is C#CCCSCCC1CC1. The maximum atomic E-state index is 5.12. The summed E-state index contributed by atoms with van der Waals surface area (Å²) in [6.07, 6.45) is 10.4. The minimum absolute atomic E-state index is 0.940. The average molecular weight is 154 g/mol. The molecule has 56 valence electrons. The summed E-state index contributed by atoms with van der Waals surface area (Å²) in [7, 11) is 0. The summed E-state index contributed by atoms with van der Waals surface area (Å²) in [4.78, 5) is 0. The van der Waals surface area contributed by atoms with E-state index in [-0.39, 0.29) is 0 Å². The number of rotatable bonds is 5. The molecule has 1 fully saturated rings. The highest BCUT2D eigenvalue weighted by molar-refractivity contribution is 7.99. The van der Waals surface area contributed by atoms with Gasteiger partial charge in [0.05, 0.1) is 0 Å². The molecule has 0 saturated heterocycles. The van der Waals surface area contributed by atoms with E-state index in [1.165, 1.54) is 25.0 Å². The van der Waals surface area contributed by atoms with E-state index >= 15 is 0 Å². The third kappa shape index (κ3) is 3.85. The molecule has 0 heterocycles. The lowest BCUT2D eigenvalue weighted by Gasteiger charge is -1.95. The molecule has 0 bridgehead atoms. The Morgan fingerprint density at radius 3 is 2.80 bits per heavy atom. The van der Waals surface area contributed by atoms with E-state index < -0.39 is 0 Å². The van der Waals surface area contributed by atoms with Crippen LogP contribution >= 0.6 is 11.8 Å². The van der Waals surface area contributed by atoms with Gasteiger partial charge in [0.25, 0.3) is 0 Å². The fourth-order valence-corrected chi connectivity index (χ4v) is 1.86. The monoisotopic (exact) mass is 154 g/mol. The molecule has 0 aromatic carbocycles. The van der Waals surface area contributed by atoms with Gasteiger partial charge in [0.15, 0.2) is 0 Å². The van der Waals surface area contributed by atoms with E-state index in [0.717, 1.165) is 18.1 Å². The van der Waals surface area contributed by atoms with Gasteiger partial charge in [-0.25, -0.2) is 0 Å². The van der Waals surface area contributed by atoms with Crippen LogP contribution in [0.2, 0.25) is 0 Å². The van der Waals surface area contributed by atoms with Gasteiger partial charge in [-0.1, -0.05) is 12.8 Å². The lowest BCUT2D eigenvalue weighted by atomic mass is 10.3. The Labute approximate surface area is 67.8 Å². The molecule has 0 N–H and O–H groups in total. The van der Waals surface area contributed by atoms with Crippen LogP contribution in [0.1, 0.15) is 25.7 Å². The van der Waals surface area contributed by atoms with E-state index in [0.29, 0.717) is 0 Å². The number of terminal acetylenes is 1. The van der Waals surface area contributed by atoms with E-state index in [4.69, 9.17) is 6.42 Å². The molecule has 0 atom stereocenters. The first kappa shape index (κ1) is 8.01. The Morgan fingerprint density at radius 1 is 1.40 bits per heavy atom. The highest BCUT2D eigenvalue weighted by Crippen LogP contribution is 2.33. The summed E-state index contributed by atoms with van der Waals surface area (Å²) in [6.45, 7) is 0. The number of hydrogen-bond donors (Lipinski definition) is 0. The topological polar surface area (TPSA) is 0 Å². The second-order valence-corrected chi connectivity index (χ2v) is 4.02. The summed E-state index contributed by atoms with van der Waals surface area (Å²) < 4.78 is 0. The molecule has 0 spiro atoms. The molecule has 1 aliphatic carbocycles. The van der Waals surface area contributed by atoms with Crippen LogP contribution in [0.25, 0.3) is 0 Å². The Morgan fingerprint density at radius 2 is 2.20 bits per heavy atom. The van der Waals surface area contributed by atoms with E-state index in [9.17, 15) is 0 Å².